The number of hydrogen-bond donors (Lipinski definition) is 0. The van der Waals surface area contributed by atoms with Crippen LogP contribution in [-0.4, -0.2) is 5.25 Å². The summed E-state index contributed by atoms with van der Waals surface area (Å²) in [5.41, 5.74) is 3.17. The molecule has 4 aliphatic carbocycles. The molecular weight excluding hydrogens is 404 g/mol. The van der Waals surface area contributed by atoms with Crippen molar-refractivity contribution in [2.75, 3.05) is 0 Å². The Morgan fingerprint density at radius 3 is 2.47 bits per heavy atom. The van der Waals surface area contributed by atoms with E-state index in [2.05, 4.69) is 53.3 Å². The summed E-state index contributed by atoms with van der Waals surface area (Å²) in [6, 6.07) is 0. The Balaban J connectivity index is 1.31. The maximum absolute atomic E-state index is 2.77. The summed E-state index contributed by atoms with van der Waals surface area (Å²) < 4.78 is 0. The predicted molar refractivity (Wildman–Crippen MR) is 142 cm³/mol. The molecule has 0 amide bonds. The van der Waals surface area contributed by atoms with Crippen molar-refractivity contribution in [3.63, 3.8) is 0 Å². The summed E-state index contributed by atoms with van der Waals surface area (Å²) in [5.74, 6) is 6.90. The lowest BCUT2D eigenvalue weighted by molar-refractivity contribution is -0.103. The monoisotopic (exact) mass is 456 g/mol. The second-order valence-electron chi connectivity index (χ2n) is 14.1. The number of fused-ring (bicyclic) bond motifs is 5. The van der Waals surface area contributed by atoms with Crippen LogP contribution >= 0.6 is 11.8 Å². The Hall–Kier alpha value is 0.0900. The van der Waals surface area contributed by atoms with Gasteiger partial charge in [-0.25, -0.2) is 0 Å². The average molecular weight is 457 g/mol. The highest BCUT2D eigenvalue weighted by atomic mass is 32.2. The van der Waals surface area contributed by atoms with Gasteiger partial charge in [0.25, 0.3) is 0 Å². The van der Waals surface area contributed by atoms with Crippen LogP contribution in [0.4, 0.5) is 0 Å². The molecule has 1 unspecified atom stereocenters. The second kappa shape index (κ2) is 8.95. The number of thioether (sulfide) groups is 1. The van der Waals surface area contributed by atoms with Crippen molar-refractivity contribution in [2.24, 2.45) is 52.3 Å². The molecule has 32 heavy (non-hydrogen) atoms. The van der Waals surface area contributed by atoms with E-state index in [1.807, 2.05) is 10.5 Å². The van der Waals surface area contributed by atoms with Gasteiger partial charge in [-0.1, -0.05) is 66.4 Å². The van der Waals surface area contributed by atoms with Gasteiger partial charge in [0.1, 0.15) is 0 Å². The van der Waals surface area contributed by atoms with Crippen molar-refractivity contribution in [1.82, 2.24) is 0 Å². The van der Waals surface area contributed by atoms with Gasteiger partial charge in [0.15, 0.2) is 0 Å². The molecule has 0 N–H and O–H groups in total. The lowest BCUT2D eigenvalue weighted by Gasteiger charge is -2.61. The first-order valence-electron chi connectivity index (χ1n) is 14.6. The van der Waals surface area contributed by atoms with Gasteiger partial charge in [-0.2, -0.15) is 0 Å². The first-order chi connectivity index (χ1) is 15.2. The molecule has 0 aromatic heterocycles. The van der Waals surface area contributed by atoms with Gasteiger partial charge >= 0.3 is 0 Å². The number of rotatable bonds is 5. The highest BCUT2D eigenvalue weighted by Crippen LogP contribution is 2.69. The third-order valence-electron chi connectivity index (χ3n) is 11.9. The van der Waals surface area contributed by atoms with E-state index < -0.39 is 0 Å². The van der Waals surface area contributed by atoms with Gasteiger partial charge in [-0.3, -0.25) is 0 Å². The van der Waals surface area contributed by atoms with Crippen molar-refractivity contribution < 1.29 is 0 Å². The lowest BCUT2D eigenvalue weighted by atomic mass is 9.44. The first-order valence-corrected chi connectivity index (χ1v) is 15.5. The largest absolute Gasteiger partial charge is 0.128 e. The zero-order valence-corrected chi connectivity index (χ0v) is 23.0. The highest BCUT2D eigenvalue weighted by molar-refractivity contribution is 8.03. The molecule has 0 aromatic rings. The zero-order valence-electron chi connectivity index (χ0n) is 22.2. The van der Waals surface area contributed by atoms with Crippen molar-refractivity contribution in [2.45, 2.75) is 130 Å². The molecule has 3 saturated carbocycles. The van der Waals surface area contributed by atoms with E-state index >= 15 is 0 Å². The molecule has 3 fully saturated rings. The standard InChI is InChI=1S/C31H52S/c1-20(2)8-7-9-21(3)26-14-15-27-25-13-12-24-18-29-23(11-10-22(4)32-29)19-31(24,6)28(25)16-17-30(26,27)5/h20-22,24-28H,7-19H2,1-6H3/t21-,22?,24+,25+,26-,27+,28+,30-,31+/m1/s1. The Morgan fingerprint density at radius 2 is 1.69 bits per heavy atom. The topological polar surface area (TPSA) is 0 Å². The van der Waals surface area contributed by atoms with Gasteiger partial charge in [-0.05, 0) is 121 Å². The van der Waals surface area contributed by atoms with Gasteiger partial charge in [-0.15, -0.1) is 11.8 Å². The van der Waals surface area contributed by atoms with Crippen LogP contribution in [0.5, 0.6) is 0 Å². The van der Waals surface area contributed by atoms with Crippen molar-refractivity contribution in [3.8, 4) is 0 Å². The van der Waals surface area contributed by atoms with Crippen LogP contribution in [-0.2, 0) is 0 Å². The maximum Gasteiger partial charge on any atom is 0.00659 e. The van der Waals surface area contributed by atoms with Crippen LogP contribution in [0, 0.1) is 52.3 Å². The Bertz CT molecular complexity index is 720. The van der Waals surface area contributed by atoms with E-state index in [-0.39, 0.29) is 0 Å². The molecule has 9 atom stereocenters. The third-order valence-corrected chi connectivity index (χ3v) is 13.3. The molecule has 0 radical (unpaired) electrons. The summed E-state index contributed by atoms with van der Waals surface area (Å²) in [6.07, 6.45) is 19.4. The molecule has 0 bridgehead atoms. The zero-order chi connectivity index (χ0) is 22.7. The molecule has 1 aliphatic heterocycles. The molecule has 5 rings (SSSR count). The molecule has 0 nitrogen and oxygen atoms in total. The summed E-state index contributed by atoms with van der Waals surface area (Å²) in [5, 5.41) is 0.864. The summed E-state index contributed by atoms with van der Waals surface area (Å²) >= 11 is 2.26. The molecule has 0 aromatic carbocycles. The van der Waals surface area contributed by atoms with E-state index in [0.29, 0.717) is 10.8 Å². The normalized spacial score (nSPS) is 47.0. The van der Waals surface area contributed by atoms with Crippen molar-refractivity contribution in [1.29, 1.82) is 0 Å². The summed E-state index contributed by atoms with van der Waals surface area (Å²) in [6.45, 7) is 15.4. The van der Waals surface area contributed by atoms with Crippen LogP contribution in [0.2, 0.25) is 0 Å². The lowest BCUT2D eigenvalue weighted by Crippen LogP contribution is -2.53. The van der Waals surface area contributed by atoms with E-state index in [4.69, 9.17) is 0 Å². The quantitative estimate of drug-likeness (QED) is 0.396. The number of hydrogen-bond acceptors (Lipinski definition) is 1. The summed E-state index contributed by atoms with van der Waals surface area (Å²) in [4.78, 5) is 1.85. The van der Waals surface area contributed by atoms with Crippen LogP contribution < -0.4 is 0 Å². The fraction of sp³-hybridized carbons (Fsp3) is 0.935. The Labute approximate surface area is 204 Å². The minimum absolute atomic E-state index is 0.616. The van der Waals surface area contributed by atoms with Gasteiger partial charge < -0.3 is 0 Å². The Kier molecular flexibility index (Phi) is 6.66. The molecule has 1 heterocycles. The van der Waals surface area contributed by atoms with Crippen LogP contribution in [0.3, 0.4) is 0 Å². The van der Waals surface area contributed by atoms with Crippen molar-refractivity contribution in [3.05, 3.63) is 10.5 Å². The molecule has 1 heteroatoms. The maximum atomic E-state index is 2.77. The fourth-order valence-corrected chi connectivity index (χ4v) is 11.5. The van der Waals surface area contributed by atoms with Gasteiger partial charge in [0.2, 0.25) is 0 Å². The smallest absolute Gasteiger partial charge is 0.00659 e. The second-order valence-corrected chi connectivity index (χ2v) is 15.6. The Morgan fingerprint density at radius 1 is 0.906 bits per heavy atom. The van der Waals surface area contributed by atoms with E-state index in [1.165, 1.54) is 64.2 Å². The molecule has 182 valence electrons. The molecule has 0 spiro atoms. The van der Waals surface area contributed by atoms with Gasteiger partial charge in [0.05, 0.1) is 0 Å². The first kappa shape index (κ1) is 23.8. The van der Waals surface area contributed by atoms with E-state index in [9.17, 15) is 0 Å². The SMILES string of the molecule is CC(C)CCC[C@@H](C)[C@H]1CC[C@H]2[C@@H]3CC[C@H]4CC5=C(CCC(C)S5)C[C@]4(C)[C@H]3CC[C@]12C. The third kappa shape index (κ3) is 3.97. The van der Waals surface area contributed by atoms with Crippen LogP contribution in [0.25, 0.3) is 0 Å². The van der Waals surface area contributed by atoms with Gasteiger partial charge in [0, 0.05) is 5.25 Å². The highest BCUT2D eigenvalue weighted by Gasteiger charge is 2.60. The predicted octanol–water partition coefficient (Wildman–Crippen LogP) is 9.89. The van der Waals surface area contributed by atoms with Crippen molar-refractivity contribution >= 4 is 11.8 Å². The minimum Gasteiger partial charge on any atom is -0.128 e. The number of allylic oxidation sites excluding steroid dienone is 2. The molecule has 0 saturated heterocycles. The van der Waals surface area contributed by atoms with Crippen LogP contribution in [0.15, 0.2) is 10.5 Å². The average Bonchev–Trinajstić information content (AvgIpc) is 3.09. The molecule has 5 aliphatic rings. The fourth-order valence-electron chi connectivity index (χ4n) is 10.1. The van der Waals surface area contributed by atoms with E-state index in [0.717, 1.165) is 46.7 Å². The minimum atomic E-state index is 0.616. The summed E-state index contributed by atoms with van der Waals surface area (Å²) in [7, 11) is 0. The molecular formula is C31H52S. The van der Waals surface area contributed by atoms with E-state index in [1.54, 1.807) is 19.3 Å². The van der Waals surface area contributed by atoms with Crippen LogP contribution in [0.1, 0.15) is 125 Å².